The van der Waals surface area contributed by atoms with Crippen LogP contribution in [0.2, 0.25) is 0 Å². The van der Waals surface area contributed by atoms with Crippen molar-refractivity contribution in [2.24, 2.45) is 0 Å². The van der Waals surface area contributed by atoms with Gasteiger partial charge in [0.05, 0.1) is 18.1 Å². The molecular formula is C25H24N6O4S. The lowest BCUT2D eigenvalue weighted by Gasteiger charge is -2.12. The number of hydrogen-bond acceptors (Lipinski definition) is 9. The quantitative estimate of drug-likeness (QED) is 0.330. The standard InChI is InChI=1S/C25H24N6O4S/c1-17-9-10-26-23(13-17)30-25-15-24(27-16-28-25)29-18-3-5-19(6-4-18)31-36(32,33)20-7-8-21-22(14-20)35-12-2-11-34-21/h3-10,13-16,31H,2,11-12H2,1H3,(H2,26,27,28,29,30). The van der Waals surface area contributed by atoms with Gasteiger partial charge >= 0.3 is 0 Å². The van der Waals surface area contributed by atoms with Crippen molar-refractivity contribution in [3.05, 3.63) is 78.8 Å². The second-order valence-electron chi connectivity index (χ2n) is 8.10. The summed E-state index contributed by atoms with van der Waals surface area (Å²) in [6.07, 6.45) is 3.91. The second kappa shape index (κ2) is 10.1. The molecule has 0 atom stereocenters. The Hall–Kier alpha value is -4.38. The number of ether oxygens (including phenoxy) is 2. The van der Waals surface area contributed by atoms with Crippen LogP contribution in [0.4, 0.5) is 28.8 Å². The molecule has 0 fully saturated rings. The van der Waals surface area contributed by atoms with Crippen LogP contribution in [0.1, 0.15) is 12.0 Å². The van der Waals surface area contributed by atoms with Crippen molar-refractivity contribution in [3.8, 4) is 11.5 Å². The first kappa shape index (κ1) is 23.4. The summed E-state index contributed by atoms with van der Waals surface area (Å²) in [4.78, 5) is 12.8. The molecule has 36 heavy (non-hydrogen) atoms. The number of pyridine rings is 1. The van der Waals surface area contributed by atoms with Gasteiger partial charge in [0.1, 0.15) is 23.8 Å². The van der Waals surface area contributed by atoms with Crippen LogP contribution in [-0.2, 0) is 10.0 Å². The first-order valence-electron chi connectivity index (χ1n) is 11.3. The van der Waals surface area contributed by atoms with E-state index in [-0.39, 0.29) is 4.90 Å². The van der Waals surface area contributed by atoms with E-state index in [0.29, 0.717) is 47.9 Å². The van der Waals surface area contributed by atoms with E-state index < -0.39 is 10.0 Å². The minimum absolute atomic E-state index is 0.0954. The van der Waals surface area contributed by atoms with Gasteiger partial charge in [0.25, 0.3) is 10.0 Å². The van der Waals surface area contributed by atoms with E-state index >= 15 is 0 Å². The van der Waals surface area contributed by atoms with Crippen molar-refractivity contribution in [1.82, 2.24) is 15.0 Å². The van der Waals surface area contributed by atoms with E-state index in [2.05, 4.69) is 30.3 Å². The third-order valence-electron chi connectivity index (χ3n) is 5.28. The van der Waals surface area contributed by atoms with E-state index in [4.69, 9.17) is 9.47 Å². The zero-order chi connectivity index (χ0) is 25.0. The fourth-order valence-corrected chi connectivity index (χ4v) is 4.60. The molecule has 2 aromatic heterocycles. The average Bonchev–Trinajstić information content (AvgIpc) is 3.10. The Morgan fingerprint density at radius 3 is 2.22 bits per heavy atom. The molecule has 11 heteroatoms. The number of sulfonamides is 1. The van der Waals surface area contributed by atoms with Gasteiger partial charge < -0.3 is 20.1 Å². The minimum Gasteiger partial charge on any atom is -0.490 e. The van der Waals surface area contributed by atoms with E-state index in [1.54, 1.807) is 42.6 Å². The smallest absolute Gasteiger partial charge is 0.262 e. The molecule has 0 amide bonds. The number of aryl methyl sites for hydroxylation is 1. The van der Waals surface area contributed by atoms with Gasteiger partial charge in [-0.2, -0.15) is 0 Å². The highest BCUT2D eigenvalue weighted by molar-refractivity contribution is 7.92. The monoisotopic (exact) mass is 504 g/mol. The number of anilines is 5. The van der Waals surface area contributed by atoms with Gasteiger partial charge in [-0.15, -0.1) is 0 Å². The third-order valence-corrected chi connectivity index (χ3v) is 6.66. The molecular weight excluding hydrogens is 480 g/mol. The highest BCUT2D eigenvalue weighted by atomic mass is 32.2. The summed E-state index contributed by atoms with van der Waals surface area (Å²) in [7, 11) is -3.81. The predicted octanol–water partition coefficient (Wildman–Crippen LogP) is 4.63. The number of fused-ring (bicyclic) bond motifs is 1. The van der Waals surface area contributed by atoms with Gasteiger partial charge in [0.15, 0.2) is 11.5 Å². The summed E-state index contributed by atoms with van der Waals surface area (Å²) in [5.74, 6) is 2.81. The number of nitrogens with one attached hydrogen (secondary N) is 3. The number of aromatic nitrogens is 3. The van der Waals surface area contributed by atoms with Gasteiger partial charge in [-0.3, -0.25) is 4.72 Å². The Kier molecular flexibility index (Phi) is 6.54. The fraction of sp³-hybridized carbons (Fsp3) is 0.160. The second-order valence-corrected chi connectivity index (χ2v) is 9.78. The molecule has 5 rings (SSSR count). The number of benzene rings is 2. The molecule has 0 aliphatic carbocycles. The molecule has 2 aromatic carbocycles. The summed E-state index contributed by atoms with van der Waals surface area (Å²) in [6.45, 7) is 3.00. The Bertz CT molecular complexity index is 1480. The average molecular weight is 505 g/mol. The first-order chi connectivity index (χ1) is 17.4. The van der Waals surface area contributed by atoms with Crippen LogP contribution < -0.4 is 24.8 Å². The van der Waals surface area contributed by atoms with Crippen molar-refractivity contribution < 1.29 is 17.9 Å². The Labute approximate surface area is 208 Å². The molecule has 3 heterocycles. The predicted molar refractivity (Wildman–Crippen MR) is 137 cm³/mol. The topological polar surface area (TPSA) is 127 Å². The van der Waals surface area contributed by atoms with Crippen LogP contribution in [0.3, 0.4) is 0 Å². The summed E-state index contributed by atoms with van der Waals surface area (Å²) in [5.41, 5.74) is 2.23. The van der Waals surface area contributed by atoms with E-state index in [1.165, 1.54) is 18.5 Å². The van der Waals surface area contributed by atoms with E-state index in [1.807, 2.05) is 19.1 Å². The zero-order valence-corrected chi connectivity index (χ0v) is 20.2. The molecule has 184 valence electrons. The van der Waals surface area contributed by atoms with Crippen LogP contribution in [0, 0.1) is 6.92 Å². The van der Waals surface area contributed by atoms with E-state index in [0.717, 1.165) is 17.7 Å². The molecule has 10 nitrogen and oxygen atoms in total. The molecule has 0 bridgehead atoms. The lowest BCUT2D eigenvalue weighted by Crippen LogP contribution is -2.13. The molecule has 1 aliphatic rings. The molecule has 4 aromatic rings. The molecule has 0 saturated heterocycles. The van der Waals surface area contributed by atoms with Crippen LogP contribution in [0.5, 0.6) is 11.5 Å². The number of hydrogen-bond donors (Lipinski definition) is 3. The van der Waals surface area contributed by atoms with Gasteiger partial charge in [0, 0.05) is 36.1 Å². The first-order valence-corrected chi connectivity index (χ1v) is 12.7. The SMILES string of the molecule is Cc1ccnc(Nc2cc(Nc3ccc(NS(=O)(=O)c4ccc5c(c4)OCCCO5)cc3)ncn2)c1. The van der Waals surface area contributed by atoms with Crippen molar-refractivity contribution in [2.75, 3.05) is 28.6 Å². The summed E-state index contributed by atoms with van der Waals surface area (Å²) in [5, 5.41) is 6.33. The van der Waals surface area contributed by atoms with Crippen molar-refractivity contribution in [3.63, 3.8) is 0 Å². The molecule has 0 radical (unpaired) electrons. The zero-order valence-electron chi connectivity index (χ0n) is 19.4. The molecule has 3 N–H and O–H groups in total. The van der Waals surface area contributed by atoms with E-state index in [9.17, 15) is 8.42 Å². The molecule has 1 aliphatic heterocycles. The minimum atomic E-state index is -3.81. The number of nitrogens with zero attached hydrogens (tertiary/aromatic N) is 3. The van der Waals surface area contributed by atoms with Gasteiger partial charge in [0.2, 0.25) is 0 Å². The van der Waals surface area contributed by atoms with Gasteiger partial charge in [-0.1, -0.05) is 0 Å². The highest BCUT2D eigenvalue weighted by Gasteiger charge is 2.19. The lowest BCUT2D eigenvalue weighted by atomic mass is 10.3. The molecule has 0 unspecified atom stereocenters. The maximum Gasteiger partial charge on any atom is 0.262 e. The maximum atomic E-state index is 12.9. The van der Waals surface area contributed by atoms with Crippen molar-refractivity contribution in [1.29, 1.82) is 0 Å². The largest absolute Gasteiger partial charge is 0.490 e. The van der Waals surface area contributed by atoms with Crippen LogP contribution in [0.15, 0.2) is 78.1 Å². The van der Waals surface area contributed by atoms with Crippen LogP contribution >= 0.6 is 0 Å². The third kappa shape index (κ3) is 5.63. The maximum absolute atomic E-state index is 12.9. The fourth-order valence-electron chi connectivity index (χ4n) is 3.52. The molecule has 0 saturated carbocycles. The van der Waals surface area contributed by atoms with Crippen LogP contribution in [-0.4, -0.2) is 36.6 Å². The number of rotatable bonds is 7. The van der Waals surface area contributed by atoms with Crippen LogP contribution in [0.25, 0.3) is 0 Å². The summed E-state index contributed by atoms with van der Waals surface area (Å²) >= 11 is 0. The lowest BCUT2D eigenvalue weighted by molar-refractivity contribution is 0.297. The van der Waals surface area contributed by atoms with Crippen molar-refractivity contribution >= 4 is 38.9 Å². The highest BCUT2D eigenvalue weighted by Crippen LogP contribution is 2.32. The van der Waals surface area contributed by atoms with Gasteiger partial charge in [-0.25, -0.2) is 23.4 Å². The normalized spacial score (nSPS) is 12.9. The summed E-state index contributed by atoms with van der Waals surface area (Å²) < 4.78 is 39.6. The molecule has 0 spiro atoms. The van der Waals surface area contributed by atoms with Gasteiger partial charge in [-0.05, 0) is 61.0 Å². The summed E-state index contributed by atoms with van der Waals surface area (Å²) in [6, 6.07) is 17.0. The van der Waals surface area contributed by atoms with Crippen molar-refractivity contribution in [2.45, 2.75) is 18.2 Å². The Morgan fingerprint density at radius 2 is 1.44 bits per heavy atom. The Morgan fingerprint density at radius 1 is 0.750 bits per heavy atom. The Balaban J connectivity index is 1.25.